The second kappa shape index (κ2) is 5.85. The highest BCUT2D eigenvalue weighted by Gasteiger charge is 2.54. The van der Waals surface area contributed by atoms with Gasteiger partial charge in [-0.05, 0) is 56.3 Å². The Labute approximate surface area is 117 Å². The van der Waals surface area contributed by atoms with E-state index in [0.29, 0.717) is 17.8 Å². The van der Waals surface area contributed by atoms with Gasteiger partial charge in [-0.1, -0.05) is 38.5 Å². The molecule has 0 aliphatic heterocycles. The molecule has 1 radical (unpaired) electrons. The summed E-state index contributed by atoms with van der Waals surface area (Å²) >= 11 is 0. The van der Waals surface area contributed by atoms with Gasteiger partial charge in [-0.25, -0.2) is 4.79 Å². The molecule has 3 saturated carbocycles. The van der Waals surface area contributed by atoms with Crippen molar-refractivity contribution in [1.82, 2.24) is 0 Å². The predicted molar refractivity (Wildman–Crippen MR) is 75.4 cm³/mol. The summed E-state index contributed by atoms with van der Waals surface area (Å²) in [5, 5.41) is 0. The smallest absolute Gasteiger partial charge is 0.418 e. The molecule has 19 heavy (non-hydrogen) atoms. The number of hydrogen-bond acceptors (Lipinski definition) is 2. The summed E-state index contributed by atoms with van der Waals surface area (Å²) in [5.41, 5.74) is -0.134. The first-order chi connectivity index (χ1) is 9.38. The second-order valence-electron chi connectivity index (χ2n) is 6.98. The number of carbonyl (C=O) groups excluding carboxylic acids is 1. The van der Waals surface area contributed by atoms with Crippen molar-refractivity contribution in [2.45, 2.75) is 82.7 Å². The average Bonchev–Trinajstić information content (AvgIpc) is 3.18. The molecule has 0 bridgehead atoms. The first kappa shape index (κ1) is 13.5. The van der Waals surface area contributed by atoms with Gasteiger partial charge in [0, 0.05) is 0 Å². The molecule has 3 aliphatic rings. The second-order valence-corrected chi connectivity index (χ2v) is 6.98. The van der Waals surface area contributed by atoms with E-state index < -0.39 is 0 Å². The fourth-order valence-electron chi connectivity index (χ4n) is 5.45. The van der Waals surface area contributed by atoms with Crippen molar-refractivity contribution in [3.63, 3.8) is 0 Å². The lowest BCUT2D eigenvalue weighted by Gasteiger charge is -2.46. The fourth-order valence-corrected chi connectivity index (χ4v) is 5.45. The summed E-state index contributed by atoms with van der Waals surface area (Å²) in [6, 6.07) is 0. The maximum atomic E-state index is 11.1. The Balaban J connectivity index is 1.90. The Morgan fingerprint density at radius 1 is 0.684 bits per heavy atom. The molecule has 3 fully saturated rings. The van der Waals surface area contributed by atoms with E-state index in [-0.39, 0.29) is 5.60 Å². The number of hydrogen-bond donors (Lipinski definition) is 0. The minimum Gasteiger partial charge on any atom is -0.450 e. The van der Waals surface area contributed by atoms with Crippen LogP contribution >= 0.6 is 0 Å². The zero-order valence-corrected chi connectivity index (χ0v) is 12.0. The highest BCUT2D eigenvalue weighted by molar-refractivity contribution is 5.40. The van der Waals surface area contributed by atoms with Crippen LogP contribution in [-0.2, 0) is 9.53 Å². The minimum absolute atomic E-state index is 0.134. The highest BCUT2D eigenvalue weighted by atomic mass is 16.5. The quantitative estimate of drug-likeness (QED) is 0.735. The van der Waals surface area contributed by atoms with E-state index >= 15 is 0 Å². The van der Waals surface area contributed by atoms with Crippen molar-refractivity contribution in [2.24, 2.45) is 17.8 Å². The topological polar surface area (TPSA) is 26.3 Å². The van der Waals surface area contributed by atoms with Crippen molar-refractivity contribution >= 4 is 6.47 Å². The van der Waals surface area contributed by atoms with E-state index in [1.54, 1.807) is 0 Å². The average molecular weight is 263 g/mol. The van der Waals surface area contributed by atoms with Gasteiger partial charge in [-0.2, -0.15) is 0 Å². The molecule has 0 atom stereocenters. The summed E-state index contributed by atoms with van der Waals surface area (Å²) < 4.78 is 5.88. The van der Waals surface area contributed by atoms with Crippen molar-refractivity contribution in [2.75, 3.05) is 0 Å². The van der Waals surface area contributed by atoms with E-state index in [4.69, 9.17) is 4.74 Å². The molecule has 0 spiro atoms. The van der Waals surface area contributed by atoms with Gasteiger partial charge >= 0.3 is 6.47 Å². The standard InChI is InChI=1S/C17H27O2/c18-13-19-17(14-7-1-2-8-14,15-9-3-4-10-15)16-11-5-6-12-16/h14-16H,1-12H2. The Morgan fingerprint density at radius 2 is 1.00 bits per heavy atom. The Bertz CT molecular complexity index is 254. The van der Waals surface area contributed by atoms with E-state index in [2.05, 4.69) is 0 Å². The molecule has 3 rings (SSSR count). The number of ether oxygens (including phenoxy) is 1. The molecule has 0 N–H and O–H groups in total. The van der Waals surface area contributed by atoms with Gasteiger partial charge in [0.25, 0.3) is 0 Å². The zero-order chi connectivity index (χ0) is 13.1. The molecule has 107 valence electrons. The van der Waals surface area contributed by atoms with Crippen molar-refractivity contribution < 1.29 is 9.53 Å². The molecule has 2 heteroatoms. The van der Waals surface area contributed by atoms with Gasteiger partial charge in [0.05, 0.1) is 0 Å². The van der Waals surface area contributed by atoms with Crippen molar-refractivity contribution in [3.05, 3.63) is 0 Å². The summed E-state index contributed by atoms with van der Waals surface area (Å²) in [4.78, 5) is 11.1. The fraction of sp³-hybridized carbons (Fsp3) is 0.941. The van der Waals surface area contributed by atoms with E-state index in [1.165, 1.54) is 77.0 Å². The van der Waals surface area contributed by atoms with Gasteiger partial charge in [0.2, 0.25) is 0 Å². The predicted octanol–water partition coefficient (Wildman–Crippen LogP) is 4.38. The van der Waals surface area contributed by atoms with Crippen LogP contribution < -0.4 is 0 Å². The molecular weight excluding hydrogens is 236 g/mol. The van der Waals surface area contributed by atoms with Gasteiger partial charge < -0.3 is 4.74 Å². The lowest BCUT2D eigenvalue weighted by atomic mass is 9.66. The molecule has 0 aromatic rings. The molecular formula is C17H27O2. The van der Waals surface area contributed by atoms with Crippen LogP contribution in [-0.4, -0.2) is 12.1 Å². The normalized spacial score (nSPS) is 27.2. The SMILES string of the molecule is O=[C]OC(C1CCCC1)(C1CCCC1)C1CCCC1. The summed E-state index contributed by atoms with van der Waals surface area (Å²) in [5.74, 6) is 1.88. The molecule has 0 saturated heterocycles. The zero-order valence-electron chi connectivity index (χ0n) is 12.0. The maximum Gasteiger partial charge on any atom is 0.418 e. The molecule has 0 aromatic carbocycles. The largest absolute Gasteiger partial charge is 0.450 e. The molecule has 0 unspecified atom stereocenters. The van der Waals surface area contributed by atoms with E-state index in [9.17, 15) is 4.79 Å². The lowest BCUT2D eigenvalue weighted by Crippen LogP contribution is -2.51. The van der Waals surface area contributed by atoms with E-state index in [1.807, 2.05) is 6.47 Å². The summed E-state index contributed by atoms with van der Waals surface area (Å²) in [7, 11) is 0. The molecule has 0 amide bonds. The first-order valence-corrected chi connectivity index (χ1v) is 8.43. The van der Waals surface area contributed by atoms with Gasteiger partial charge in [-0.3, -0.25) is 0 Å². The molecule has 0 heterocycles. The van der Waals surface area contributed by atoms with Crippen LogP contribution in [0.15, 0.2) is 0 Å². The van der Waals surface area contributed by atoms with Gasteiger partial charge in [0.15, 0.2) is 0 Å². The summed E-state index contributed by atoms with van der Waals surface area (Å²) in [6.45, 7) is 1.89. The molecule has 0 aromatic heterocycles. The third kappa shape index (κ3) is 2.32. The Hall–Kier alpha value is -0.530. The maximum absolute atomic E-state index is 11.1. The highest BCUT2D eigenvalue weighted by Crippen LogP contribution is 2.54. The third-order valence-corrected chi connectivity index (χ3v) is 6.20. The van der Waals surface area contributed by atoms with E-state index in [0.717, 1.165) is 0 Å². The first-order valence-electron chi connectivity index (χ1n) is 8.43. The van der Waals surface area contributed by atoms with Crippen LogP contribution in [0.5, 0.6) is 0 Å². The van der Waals surface area contributed by atoms with Crippen LogP contribution in [0.25, 0.3) is 0 Å². The van der Waals surface area contributed by atoms with Crippen LogP contribution in [0.2, 0.25) is 0 Å². The minimum atomic E-state index is -0.134. The van der Waals surface area contributed by atoms with Crippen LogP contribution in [0.1, 0.15) is 77.0 Å². The van der Waals surface area contributed by atoms with Crippen LogP contribution in [0.3, 0.4) is 0 Å². The number of rotatable bonds is 5. The monoisotopic (exact) mass is 263 g/mol. The lowest BCUT2D eigenvalue weighted by molar-refractivity contribution is -0.0993. The van der Waals surface area contributed by atoms with Gasteiger partial charge in [0.1, 0.15) is 5.60 Å². The molecule has 3 aliphatic carbocycles. The summed E-state index contributed by atoms with van der Waals surface area (Å²) in [6.07, 6.45) is 15.6. The Kier molecular flexibility index (Phi) is 4.14. The van der Waals surface area contributed by atoms with Crippen molar-refractivity contribution in [1.29, 1.82) is 0 Å². The molecule has 2 nitrogen and oxygen atoms in total. The third-order valence-electron chi connectivity index (χ3n) is 6.20. The Morgan fingerprint density at radius 3 is 1.26 bits per heavy atom. The van der Waals surface area contributed by atoms with Crippen LogP contribution in [0.4, 0.5) is 0 Å². The van der Waals surface area contributed by atoms with Gasteiger partial charge in [-0.15, -0.1) is 0 Å². The van der Waals surface area contributed by atoms with Crippen LogP contribution in [0, 0.1) is 17.8 Å². The van der Waals surface area contributed by atoms with Crippen molar-refractivity contribution in [3.8, 4) is 0 Å².